The van der Waals surface area contributed by atoms with E-state index in [1.807, 2.05) is 0 Å². The quantitative estimate of drug-likeness (QED) is 0.743. The topological polar surface area (TPSA) is 60.4 Å². The lowest BCUT2D eigenvalue weighted by Crippen LogP contribution is -2.02. The van der Waals surface area contributed by atoms with Crippen LogP contribution in [0.15, 0.2) is 29.2 Å². The first-order valence-corrected chi connectivity index (χ1v) is 7.53. The molecule has 0 amide bonds. The first kappa shape index (κ1) is 12.4. The Morgan fingerprint density at radius 1 is 1.27 bits per heavy atom. The SMILES string of the molecule is CS(=O)c1ccc(COS(C)(=O)=O)cc1. The van der Waals surface area contributed by atoms with E-state index in [4.69, 9.17) is 0 Å². The van der Waals surface area contributed by atoms with Crippen LogP contribution in [0, 0.1) is 0 Å². The first-order valence-electron chi connectivity index (χ1n) is 4.15. The van der Waals surface area contributed by atoms with Gasteiger partial charge in [0.2, 0.25) is 0 Å². The average molecular weight is 248 g/mol. The molecule has 0 radical (unpaired) electrons. The second-order valence-electron chi connectivity index (χ2n) is 3.06. The fraction of sp³-hybridized carbons (Fsp3) is 0.333. The first-order chi connectivity index (χ1) is 6.88. The normalized spacial score (nSPS) is 13.7. The van der Waals surface area contributed by atoms with E-state index in [0.29, 0.717) is 4.90 Å². The van der Waals surface area contributed by atoms with Gasteiger partial charge < -0.3 is 0 Å². The van der Waals surface area contributed by atoms with Crippen molar-refractivity contribution in [3.05, 3.63) is 29.8 Å². The molecule has 4 nitrogen and oxygen atoms in total. The summed E-state index contributed by atoms with van der Waals surface area (Å²) in [5.74, 6) is 0. The van der Waals surface area contributed by atoms with Gasteiger partial charge in [0.15, 0.2) is 0 Å². The third-order valence-corrected chi connectivity index (χ3v) is 3.18. The molecule has 1 aromatic rings. The van der Waals surface area contributed by atoms with Crippen molar-refractivity contribution >= 4 is 20.9 Å². The maximum absolute atomic E-state index is 11.1. The second-order valence-corrected chi connectivity index (χ2v) is 6.09. The van der Waals surface area contributed by atoms with Crippen LogP contribution in [-0.4, -0.2) is 25.1 Å². The van der Waals surface area contributed by atoms with Crippen LogP contribution in [0.2, 0.25) is 0 Å². The summed E-state index contributed by atoms with van der Waals surface area (Å²) in [7, 11) is -4.43. The van der Waals surface area contributed by atoms with Gasteiger partial charge in [-0.05, 0) is 17.7 Å². The Balaban J connectivity index is 2.69. The van der Waals surface area contributed by atoms with Gasteiger partial charge in [-0.2, -0.15) is 8.42 Å². The zero-order valence-corrected chi connectivity index (χ0v) is 10.1. The van der Waals surface area contributed by atoms with Crippen molar-refractivity contribution in [1.29, 1.82) is 0 Å². The molecule has 0 aromatic heterocycles. The predicted octanol–water partition coefficient (Wildman–Crippen LogP) is 0.900. The van der Waals surface area contributed by atoms with Crippen LogP contribution in [-0.2, 0) is 31.7 Å². The molecule has 1 rings (SSSR count). The lowest BCUT2D eigenvalue weighted by Gasteiger charge is -2.02. The Kier molecular flexibility index (Phi) is 4.01. The minimum absolute atomic E-state index is 0.00939. The number of rotatable bonds is 4. The summed E-state index contributed by atoms with van der Waals surface area (Å²) in [5, 5.41) is 0. The highest BCUT2D eigenvalue weighted by Gasteiger charge is 2.03. The van der Waals surface area contributed by atoms with Crippen molar-refractivity contribution in [1.82, 2.24) is 0 Å². The summed E-state index contributed by atoms with van der Waals surface area (Å²) in [5.41, 5.74) is 0.731. The molecule has 1 aromatic carbocycles. The van der Waals surface area contributed by atoms with Crippen molar-refractivity contribution in [2.75, 3.05) is 12.5 Å². The monoisotopic (exact) mass is 248 g/mol. The highest BCUT2D eigenvalue weighted by Crippen LogP contribution is 2.09. The standard InChI is InChI=1S/C9H12O4S2/c1-14(10)9-5-3-8(4-6-9)7-13-15(2,11)12/h3-6H,7H2,1-2H3. The van der Waals surface area contributed by atoms with Gasteiger partial charge in [-0.1, -0.05) is 12.1 Å². The van der Waals surface area contributed by atoms with Crippen LogP contribution in [0.25, 0.3) is 0 Å². The van der Waals surface area contributed by atoms with Crippen molar-refractivity contribution in [2.45, 2.75) is 11.5 Å². The summed E-state index contributed by atoms with van der Waals surface area (Å²) in [4.78, 5) is 0.707. The van der Waals surface area contributed by atoms with Gasteiger partial charge in [-0.3, -0.25) is 8.39 Å². The van der Waals surface area contributed by atoms with Crippen LogP contribution in [0.1, 0.15) is 5.56 Å². The van der Waals surface area contributed by atoms with E-state index in [-0.39, 0.29) is 6.61 Å². The zero-order valence-electron chi connectivity index (χ0n) is 8.47. The largest absolute Gasteiger partial charge is 0.265 e. The molecule has 0 heterocycles. The molecule has 0 aliphatic carbocycles. The van der Waals surface area contributed by atoms with Gasteiger partial charge in [0, 0.05) is 22.0 Å². The van der Waals surface area contributed by atoms with Crippen molar-refractivity contribution in [2.24, 2.45) is 0 Å². The summed E-state index contributed by atoms with van der Waals surface area (Å²) in [6.45, 7) is 0.00939. The fourth-order valence-corrected chi connectivity index (χ4v) is 1.82. The van der Waals surface area contributed by atoms with E-state index in [1.165, 1.54) is 0 Å². The average Bonchev–Trinajstić information content (AvgIpc) is 2.14. The number of hydrogen-bond donors (Lipinski definition) is 0. The van der Waals surface area contributed by atoms with Crippen LogP contribution in [0.5, 0.6) is 0 Å². The van der Waals surface area contributed by atoms with Gasteiger partial charge >= 0.3 is 0 Å². The summed E-state index contributed by atoms with van der Waals surface area (Å²) in [6.07, 6.45) is 2.59. The Labute approximate surface area is 91.8 Å². The molecule has 1 atom stereocenters. The second kappa shape index (κ2) is 4.87. The molecule has 0 saturated carbocycles. The van der Waals surface area contributed by atoms with Gasteiger partial charge in [0.1, 0.15) is 0 Å². The molecular weight excluding hydrogens is 236 g/mol. The van der Waals surface area contributed by atoms with Gasteiger partial charge in [-0.25, -0.2) is 0 Å². The molecule has 1 unspecified atom stereocenters. The van der Waals surface area contributed by atoms with Crippen molar-refractivity contribution < 1.29 is 16.8 Å². The molecule has 6 heteroatoms. The third kappa shape index (κ3) is 4.55. The summed E-state index contributed by atoms with van der Waals surface area (Å²) >= 11 is 0. The van der Waals surface area contributed by atoms with E-state index in [9.17, 15) is 12.6 Å². The number of benzene rings is 1. The Hall–Kier alpha value is -0.720. The fourth-order valence-electron chi connectivity index (χ4n) is 0.952. The van der Waals surface area contributed by atoms with E-state index in [2.05, 4.69) is 4.18 Å². The minimum atomic E-state index is -3.41. The third-order valence-electron chi connectivity index (χ3n) is 1.69. The zero-order chi connectivity index (χ0) is 11.5. The van der Waals surface area contributed by atoms with E-state index >= 15 is 0 Å². The Morgan fingerprint density at radius 3 is 2.20 bits per heavy atom. The van der Waals surface area contributed by atoms with Gasteiger partial charge in [0.05, 0.1) is 12.9 Å². The molecular formula is C9H12O4S2. The maximum atomic E-state index is 11.1. The lowest BCUT2D eigenvalue weighted by atomic mass is 10.2. The maximum Gasteiger partial charge on any atom is 0.264 e. The van der Waals surface area contributed by atoms with E-state index in [1.54, 1.807) is 30.5 Å². The van der Waals surface area contributed by atoms with Crippen LogP contribution < -0.4 is 0 Å². The summed E-state index contributed by atoms with van der Waals surface area (Å²) < 4.78 is 37.1. The minimum Gasteiger partial charge on any atom is -0.265 e. The van der Waals surface area contributed by atoms with Gasteiger partial charge in [-0.15, -0.1) is 0 Å². The number of hydrogen-bond acceptors (Lipinski definition) is 4. The van der Waals surface area contributed by atoms with Crippen molar-refractivity contribution in [3.63, 3.8) is 0 Å². The highest BCUT2D eigenvalue weighted by molar-refractivity contribution is 7.86. The molecule has 0 spiro atoms. The Bertz CT molecular complexity index is 448. The van der Waals surface area contributed by atoms with Crippen LogP contribution in [0.4, 0.5) is 0 Å². The van der Waals surface area contributed by atoms with Gasteiger partial charge in [0.25, 0.3) is 10.1 Å². The van der Waals surface area contributed by atoms with E-state index in [0.717, 1.165) is 11.8 Å². The molecule has 15 heavy (non-hydrogen) atoms. The smallest absolute Gasteiger partial charge is 0.264 e. The Morgan fingerprint density at radius 2 is 1.80 bits per heavy atom. The van der Waals surface area contributed by atoms with E-state index < -0.39 is 20.9 Å². The molecule has 0 aliphatic heterocycles. The van der Waals surface area contributed by atoms with Crippen LogP contribution in [0.3, 0.4) is 0 Å². The summed E-state index contributed by atoms with van der Waals surface area (Å²) in [6, 6.07) is 6.78. The molecule has 0 aliphatic rings. The molecule has 0 N–H and O–H groups in total. The van der Waals surface area contributed by atoms with Crippen molar-refractivity contribution in [3.8, 4) is 0 Å². The van der Waals surface area contributed by atoms with Crippen LogP contribution >= 0.6 is 0 Å². The highest BCUT2D eigenvalue weighted by atomic mass is 32.2. The lowest BCUT2D eigenvalue weighted by molar-refractivity contribution is 0.311. The molecule has 0 fully saturated rings. The molecule has 84 valence electrons. The molecule has 0 bridgehead atoms. The predicted molar refractivity (Wildman–Crippen MR) is 58.4 cm³/mol. The molecule has 0 saturated heterocycles.